The number of aromatic nitrogens is 2. The molecule has 0 bridgehead atoms. The summed E-state index contributed by atoms with van der Waals surface area (Å²) in [4.78, 5) is 14.4. The monoisotopic (exact) mass is 241 g/mol. The van der Waals surface area contributed by atoms with Crippen molar-refractivity contribution in [1.29, 1.82) is 0 Å². The number of hydrogen-bond acceptors (Lipinski definition) is 3. The van der Waals surface area contributed by atoms with Gasteiger partial charge in [0.05, 0.1) is 5.52 Å². The molecule has 2 aromatic rings. The molecule has 1 aromatic heterocycles. The Hall–Kier alpha value is -1.43. The van der Waals surface area contributed by atoms with E-state index in [2.05, 4.69) is 20.9 Å². The van der Waals surface area contributed by atoms with Crippen molar-refractivity contribution in [3.63, 3.8) is 0 Å². The van der Waals surface area contributed by atoms with E-state index in [-0.39, 0.29) is 0 Å². The fraction of sp³-hybridized carbons (Fsp3) is 0. The van der Waals surface area contributed by atoms with E-state index in [1.54, 1.807) is 18.2 Å². The van der Waals surface area contributed by atoms with Crippen LogP contribution in [0.2, 0.25) is 0 Å². The molecule has 0 aliphatic heterocycles. The van der Waals surface area contributed by atoms with Crippen LogP contribution >= 0.6 is 15.9 Å². The van der Waals surface area contributed by atoms with Gasteiger partial charge in [0.15, 0.2) is 11.4 Å². The van der Waals surface area contributed by atoms with Crippen LogP contribution < -0.4 is 0 Å². The molecule has 1 aromatic carbocycles. The molecule has 0 saturated carbocycles. The van der Waals surface area contributed by atoms with Crippen molar-refractivity contribution in [2.75, 3.05) is 0 Å². The van der Waals surface area contributed by atoms with Crippen LogP contribution in [0.25, 0.3) is 11.0 Å². The minimum atomic E-state index is -0.511. The number of rotatable bonds is 1. The summed E-state index contributed by atoms with van der Waals surface area (Å²) in [5.74, 6) is 0. The van der Waals surface area contributed by atoms with Gasteiger partial charge in [0, 0.05) is 4.47 Å². The maximum absolute atomic E-state index is 10.5. The van der Waals surface area contributed by atoms with Crippen LogP contribution in [0.4, 0.5) is 0 Å². The molecule has 0 N–H and O–H groups in total. The zero-order valence-electron chi connectivity index (χ0n) is 6.35. The van der Waals surface area contributed by atoms with Gasteiger partial charge in [-0.15, -0.1) is 0 Å². The molecule has 0 aliphatic carbocycles. The van der Waals surface area contributed by atoms with E-state index >= 15 is 0 Å². The fourth-order valence-corrected chi connectivity index (χ4v) is 1.45. The van der Waals surface area contributed by atoms with Crippen molar-refractivity contribution < 1.29 is 5.03 Å². The Kier molecular flexibility index (Phi) is 1.77. The summed E-state index contributed by atoms with van der Waals surface area (Å²) >= 11 is 3.26. The predicted octanol–water partition coefficient (Wildman–Crippen LogP) is 1.84. The van der Waals surface area contributed by atoms with E-state index in [9.17, 15) is 10.1 Å². The van der Waals surface area contributed by atoms with Gasteiger partial charge in [-0.2, -0.15) is 0 Å². The van der Waals surface area contributed by atoms with E-state index in [4.69, 9.17) is 0 Å². The number of hydrogen-bond donors (Lipinski definition) is 0. The first-order chi connectivity index (χ1) is 6.18. The largest absolute Gasteiger partial charge is 0.234 e. The summed E-state index contributed by atoms with van der Waals surface area (Å²) in [6.45, 7) is 0. The van der Waals surface area contributed by atoms with Crippen molar-refractivity contribution in [2.45, 2.75) is 0 Å². The van der Waals surface area contributed by atoms with Gasteiger partial charge in [-0.25, -0.2) is 15.1 Å². The fourth-order valence-electron chi connectivity index (χ4n) is 1.10. The number of halogens is 1. The molecular weight excluding hydrogens is 238 g/mol. The molecule has 0 amide bonds. The first-order valence-electron chi connectivity index (χ1n) is 3.46. The third-order valence-corrected chi connectivity index (χ3v) is 2.16. The third-order valence-electron chi connectivity index (χ3n) is 1.67. The Morgan fingerprint density at radius 3 is 3.00 bits per heavy atom. The molecule has 0 radical (unpaired) electrons. The zero-order valence-corrected chi connectivity index (χ0v) is 7.93. The SMILES string of the molecule is O=[N+]([O-])n1cnc2cc(Br)ccc21. The van der Waals surface area contributed by atoms with Gasteiger partial charge < -0.3 is 0 Å². The molecule has 0 spiro atoms. The van der Waals surface area contributed by atoms with Crippen molar-refractivity contribution in [1.82, 2.24) is 9.66 Å². The highest BCUT2D eigenvalue weighted by Gasteiger charge is 2.09. The van der Waals surface area contributed by atoms with Crippen molar-refractivity contribution in [2.24, 2.45) is 0 Å². The number of nitrogens with zero attached hydrogens (tertiary/aromatic N) is 3. The topological polar surface area (TPSA) is 61.0 Å². The summed E-state index contributed by atoms with van der Waals surface area (Å²) in [6.07, 6.45) is 1.19. The predicted molar refractivity (Wildman–Crippen MR) is 49.8 cm³/mol. The Bertz CT molecular complexity index is 480. The Labute approximate surface area is 81.2 Å². The van der Waals surface area contributed by atoms with Crippen molar-refractivity contribution in [3.05, 3.63) is 39.1 Å². The minimum Gasteiger partial charge on any atom is -0.234 e. The van der Waals surface area contributed by atoms with Crippen LogP contribution in [0.15, 0.2) is 29.0 Å². The Morgan fingerprint density at radius 1 is 1.54 bits per heavy atom. The number of benzene rings is 1. The molecule has 13 heavy (non-hydrogen) atoms. The average molecular weight is 242 g/mol. The molecule has 0 fully saturated rings. The molecule has 0 unspecified atom stereocenters. The van der Waals surface area contributed by atoms with Gasteiger partial charge in [-0.3, -0.25) is 0 Å². The van der Waals surface area contributed by atoms with Gasteiger partial charge >= 0.3 is 0 Å². The van der Waals surface area contributed by atoms with E-state index in [1.807, 2.05) is 0 Å². The number of imidazole rings is 1. The summed E-state index contributed by atoms with van der Waals surface area (Å²) in [5, 5.41) is 9.97. The lowest BCUT2D eigenvalue weighted by Crippen LogP contribution is -2.05. The standard InChI is InChI=1S/C7H4BrN3O2/c8-5-1-2-7-6(3-5)9-4-10(7)11(12)13/h1-4H. The van der Waals surface area contributed by atoms with Crippen molar-refractivity contribution >= 4 is 27.0 Å². The summed E-state index contributed by atoms with van der Waals surface area (Å²) in [7, 11) is 0. The van der Waals surface area contributed by atoms with Gasteiger partial charge in [-0.1, -0.05) is 20.6 Å². The highest BCUT2D eigenvalue weighted by atomic mass is 79.9. The molecular formula is C7H4BrN3O2. The second-order valence-electron chi connectivity index (χ2n) is 2.46. The second kappa shape index (κ2) is 2.81. The van der Waals surface area contributed by atoms with E-state index in [1.165, 1.54) is 6.33 Å². The van der Waals surface area contributed by atoms with Crippen LogP contribution in [0.1, 0.15) is 0 Å². The minimum absolute atomic E-state index is 0.494. The molecule has 0 atom stereocenters. The molecule has 1 heterocycles. The number of fused-ring (bicyclic) bond motifs is 1. The van der Waals surface area contributed by atoms with Crippen LogP contribution in [-0.4, -0.2) is 14.7 Å². The van der Waals surface area contributed by atoms with Crippen LogP contribution in [0, 0.1) is 10.1 Å². The van der Waals surface area contributed by atoms with Crippen LogP contribution in [0.3, 0.4) is 0 Å². The lowest BCUT2D eigenvalue weighted by atomic mass is 10.3. The molecule has 2 rings (SSSR count). The maximum atomic E-state index is 10.5. The van der Waals surface area contributed by atoms with E-state index in [0.717, 1.165) is 9.15 Å². The first-order valence-corrected chi connectivity index (χ1v) is 4.25. The zero-order chi connectivity index (χ0) is 9.42. The molecule has 0 aliphatic rings. The Morgan fingerprint density at radius 2 is 2.31 bits per heavy atom. The van der Waals surface area contributed by atoms with Gasteiger partial charge in [0.25, 0.3) is 0 Å². The Balaban J connectivity index is 2.76. The molecule has 0 saturated heterocycles. The summed E-state index contributed by atoms with van der Waals surface area (Å²) < 4.78 is 1.75. The second-order valence-corrected chi connectivity index (χ2v) is 3.38. The third kappa shape index (κ3) is 1.29. The van der Waals surface area contributed by atoms with Gasteiger partial charge in [0.2, 0.25) is 0 Å². The summed E-state index contributed by atoms with van der Waals surface area (Å²) in [5.41, 5.74) is 1.10. The van der Waals surface area contributed by atoms with Gasteiger partial charge in [-0.05, 0) is 18.2 Å². The smallest absolute Gasteiger partial charge is 0.171 e. The maximum Gasteiger partial charge on any atom is 0.171 e. The highest BCUT2D eigenvalue weighted by Crippen LogP contribution is 2.17. The average Bonchev–Trinajstić information content (AvgIpc) is 2.46. The summed E-state index contributed by atoms with van der Waals surface area (Å²) in [6, 6.07) is 5.12. The quantitative estimate of drug-likeness (QED) is 0.566. The normalized spacial score (nSPS) is 10.5. The van der Waals surface area contributed by atoms with Crippen LogP contribution in [0.5, 0.6) is 0 Å². The highest BCUT2D eigenvalue weighted by molar-refractivity contribution is 9.10. The van der Waals surface area contributed by atoms with Crippen molar-refractivity contribution in [3.8, 4) is 0 Å². The van der Waals surface area contributed by atoms with E-state index < -0.39 is 5.03 Å². The lowest BCUT2D eigenvalue weighted by molar-refractivity contribution is -0.538. The lowest BCUT2D eigenvalue weighted by Gasteiger charge is -1.91. The van der Waals surface area contributed by atoms with Gasteiger partial charge in [0.1, 0.15) is 5.52 Å². The van der Waals surface area contributed by atoms with E-state index in [0.29, 0.717) is 11.0 Å². The molecule has 6 heteroatoms. The van der Waals surface area contributed by atoms with Crippen LogP contribution in [-0.2, 0) is 0 Å². The number of nitro groups is 1. The molecule has 5 nitrogen and oxygen atoms in total. The molecule has 66 valence electrons. The first kappa shape index (κ1) is 8.18.